The summed E-state index contributed by atoms with van der Waals surface area (Å²) in [6, 6.07) is 14.0. The summed E-state index contributed by atoms with van der Waals surface area (Å²) in [6.45, 7) is 2.46. The molecule has 102 valence electrons. The lowest BCUT2D eigenvalue weighted by atomic mass is 10.2. The van der Waals surface area contributed by atoms with E-state index in [0.29, 0.717) is 18.8 Å². The van der Waals surface area contributed by atoms with Gasteiger partial charge in [0.25, 0.3) is 0 Å². The third kappa shape index (κ3) is 3.23. The molecule has 0 aliphatic carbocycles. The number of anilines is 3. The van der Waals surface area contributed by atoms with Gasteiger partial charge >= 0.3 is 0 Å². The van der Waals surface area contributed by atoms with Crippen LogP contribution in [0.1, 0.15) is 12.2 Å². The topological polar surface area (TPSA) is 64.8 Å². The van der Waals surface area contributed by atoms with Gasteiger partial charge in [0.05, 0.1) is 12.5 Å². The minimum Gasteiger partial charge on any atom is -0.373 e. The van der Waals surface area contributed by atoms with E-state index in [1.165, 1.54) is 0 Å². The highest BCUT2D eigenvalue weighted by Crippen LogP contribution is 2.25. The number of nitrogens with zero attached hydrogens (tertiary/aromatic N) is 4. The molecule has 0 amide bonds. The number of aromatic nitrogens is 2. The van der Waals surface area contributed by atoms with E-state index in [1.54, 1.807) is 0 Å². The molecule has 0 atom stereocenters. The van der Waals surface area contributed by atoms with Crippen molar-refractivity contribution >= 4 is 17.3 Å². The number of hydrogen-bond donors (Lipinski definition) is 1. The lowest BCUT2D eigenvalue weighted by Crippen LogP contribution is -2.20. The minimum atomic E-state index is 0.437. The van der Waals surface area contributed by atoms with Crippen LogP contribution in [-0.2, 0) is 0 Å². The first kappa shape index (κ1) is 13.8. The third-order valence-electron chi connectivity index (χ3n) is 2.87. The van der Waals surface area contributed by atoms with E-state index in [-0.39, 0.29) is 0 Å². The van der Waals surface area contributed by atoms with E-state index in [1.807, 2.05) is 55.3 Å². The van der Waals surface area contributed by atoms with Gasteiger partial charge in [-0.2, -0.15) is 5.26 Å². The summed E-state index contributed by atoms with van der Waals surface area (Å²) < 4.78 is 0. The molecule has 1 aromatic heterocycles. The Morgan fingerprint density at radius 3 is 2.65 bits per heavy atom. The Labute approximate surface area is 118 Å². The number of nitrogens with one attached hydrogen (secondary N) is 1. The fourth-order valence-corrected chi connectivity index (χ4v) is 1.96. The first-order valence-corrected chi connectivity index (χ1v) is 6.47. The lowest BCUT2D eigenvalue weighted by molar-refractivity contribution is 0.908. The molecule has 0 aliphatic rings. The summed E-state index contributed by atoms with van der Waals surface area (Å²) in [6.07, 6.45) is 0.437. The van der Waals surface area contributed by atoms with Gasteiger partial charge in [-0.1, -0.05) is 18.2 Å². The number of benzene rings is 1. The molecule has 1 heterocycles. The normalized spacial score (nSPS) is 9.85. The van der Waals surface area contributed by atoms with Gasteiger partial charge in [-0.3, -0.25) is 0 Å². The molecule has 0 spiro atoms. The second-order valence-electron chi connectivity index (χ2n) is 4.30. The molecule has 0 fully saturated rings. The van der Waals surface area contributed by atoms with Crippen LogP contribution >= 0.6 is 0 Å². The van der Waals surface area contributed by atoms with Crippen molar-refractivity contribution in [3.63, 3.8) is 0 Å². The average molecular weight is 267 g/mol. The number of rotatable bonds is 5. The second-order valence-corrected chi connectivity index (χ2v) is 4.30. The summed E-state index contributed by atoms with van der Waals surface area (Å²) in [7, 11) is 1.83. The molecule has 2 aromatic rings. The Balaban J connectivity index is 2.41. The first-order valence-electron chi connectivity index (χ1n) is 6.47. The minimum absolute atomic E-state index is 0.437. The van der Waals surface area contributed by atoms with Gasteiger partial charge in [0, 0.05) is 25.3 Å². The Kier molecular flexibility index (Phi) is 4.51. The smallest absolute Gasteiger partial charge is 0.138 e. The fourth-order valence-electron chi connectivity index (χ4n) is 1.96. The van der Waals surface area contributed by atoms with Crippen LogP contribution in [0.15, 0.2) is 36.4 Å². The highest BCUT2D eigenvalue weighted by Gasteiger charge is 2.12. The van der Waals surface area contributed by atoms with Gasteiger partial charge in [0.2, 0.25) is 0 Å². The van der Waals surface area contributed by atoms with Crippen molar-refractivity contribution in [3.05, 3.63) is 42.2 Å². The van der Waals surface area contributed by atoms with Crippen LogP contribution in [-0.4, -0.2) is 23.6 Å². The van der Waals surface area contributed by atoms with Crippen molar-refractivity contribution in [2.24, 2.45) is 0 Å². The molecule has 2 rings (SSSR count). The first-order chi connectivity index (χ1) is 9.74. The number of para-hydroxylation sites is 1. The maximum atomic E-state index is 8.84. The summed E-state index contributed by atoms with van der Waals surface area (Å²) in [5, 5.41) is 11.9. The Bertz CT molecular complexity index is 603. The molecule has 1 N–H and O–H groups in total. The number of hydrogen-bond acceptors (Lipinski definition) is 5. The molecule has 0 aliphatic heterocycles. The zero-order valence-electron chi connectivity index (χ0n) is 11.7. The fraction of sp³-hybridized carbons (Fsp3) is 0.267. The van der Waals surface area contributed by atoms with Crippen LogP contribution in [0.3, 0.4) is 0 Å². The molecule has 0 radical (unpaired) electrons. The zero-order chi connectivity index (χ0) is 14.4. The van der Waals surface area contributed by atoms with Crippen molar-refractivity contribution in [1.82, 2.24) is 9.97 Å². The summed E-state index contributed by atoms with van der Waals surface area (Å²) in [4.78, 5) is 10.8. The monoisotopic (exact) mass is 267 g/mol. The Morgan fingerprint density at radius 1 is 1.25 bits per heavy atom. The highest BCUT2D eigenvalue weighted by molar-refractivity contribution is 5.62. The van der Waals surface area contributed by atoms with Gasteiger partial charge in [-0.25, -0.2) is 9.97 Å². The maximum Gasteiger partial charge on any atom is 0.138 e. The predicted molar refractivity (Wildman–Crippen MR) is 80.0 cm³/mol. The van der Waals surface area contributed by atoms with E-state index in [0.717, 1.165) is 17.3 Å². The van der Waals surface area contributed by atoms with Crippen LogP contribution in [0.5, 0.6) is 0 Å². The molecule has 1 aromatic carbocycles. The third-order valence-corrected chi connectivity index (χ3v) is 2.87. The second kappa shape index (κ2) is 6.53. The van der Waals surface area contributed by atoms with E-state index < -0.39 is 0 Å². The summed E-state index contributed by atoms with van der Waals surface area (Å²) >= 11 is 0. The van der Waals surface area contributed by atoms with E-state index >= 15 is 0 Å². The number of nitriles is 1. The SMILES string of the molecule is CNc1cc(N(CCC#N)c2ccccc2)nc(C)n1. The molecule has 0 saturated carbocycles. The van der Waals surface area contributed by atoms with Crippen molar-refractivity contribution in [1.29, 1.82) is 5.26 Å². The number of aryl methyl sites for hydroxylation is 1. The standard InChI is InChI=1S/C15H17N5/c1-12-18-14(17-2)11-15(19-12)20(10-6-9-16)13-7-4-3-5-8-13/h3-5,7-8,11H,6,10H2,1-2H3,(H,17,18,19). The van der Waals surface area contributed by atoms with Gasteiger partial charge in [0.1, 0.15) is 17.5 Å². The van der Waals surface area contributed by atoms with Crippen LogP contribution in [0.25, 0.3) is 0 Å². The van der Waals surface area contributed by atoms with Gasteiger partial charge < -0.3 is 10.2 Å². The largest absolute Gasteiger partial charge is 0.373 e. The van der Waals surface area contributed by atoms with Crippen LogP contribution in [0.2, 0.25) is 0 Å². The van der Waals surface area contributed by atoms with Crippen molar-refractivity contribution in [3.8, 4) is 6.07 Å². The van der Waals surface area contributed by atoms with E-state index in [9.17, 15) is 0 Å². The molecule has 0 saturated heterocycles. The van der Waals surface area contributed by atoms with Crippen molar-refractivity contribution < 1.29 is 0 Å². The van der Waals surface area contributed by atoms with Gasteiger partial charge in [-0.15, -0.1) is 0 Å². The Hall–Kier alpha value is -2.61. The molecule has 5 heteroatoms. The molecule has 20 heavy (non-hydrogen) atoms. The van der Waals surface area contributed by atoms with Gasteiger partial charge in [0.15, 0.2) is 0 Å². The highest BCUT2D eigenvalue weighted by atomic mass is 15.2. The van der Waals surface area contributed by atoms with Gasteiger partial charge in [-0.05, 0) is 19.1 Å². The predicted octanol–water partition coefficient (Wildman–Crippen LogP) is 2.88. The molecule has 5 nitrogen and oxygen atoms in total. The van der Waals surface area contributed by atoms with Crippen LogP contribution < -0.4 is 10.2 Å². The van der Waals surface area contributed by atoms with E-state index in [2.05, 4.69) is 21.4 Å². The van der Waals surface area contributed by atoms with Crippen molar-refractivity contribution in [2.45, 2.75) is 13.3 Å². The van der Waals surface area contributed by atoms with Crippen molar-refractivity contribution in [2.75, 3.05) is 23.8 Å². The molecular formula is C15H17N5. The summed E-state index contributed by atoms with van der Waals surface area (Å²) in [5.74, 6) is 2.26. The lowest BCUT2D eigenvalue weighted by Gasteiger charge is -2.23. The molecule has 0 unspecified atom stereocenters. The summed E-state index contributed by atoms with van der Waals surface area (Å²) in [5.41, 5.74) is 1.02. The quantitative estimate of drug-likeness (QED) is 0.902. The maximum absolute atomic E-state index is 8.84. The van der Waals surface area contributed by atoms with Crippen LogP contribution in [0.4, 0.5) is 17.3 Å². The van der Waals surface area contributed by atoms with Crippen LogP contribution in [0, 0.1) is 18.3 Å². The average Bonchev–Trinajstić information content (AvgIpc) is 2.48. The van der Waals surface area contributed by atoms with E-state index in [4.69, 9.17) is 5.26 Å². The molecular weight excluding hydrogens is 250 g/mol. The Morgan fingerprint density at radius 2 is 2.00 bits per heavy atom. The molecule has 0 bridgehead atoms. The zero-order valence-corrected chi connectivity index (χ0v) is 11.7.